The third-order valence-electron chi connectivity index (χ3n) is 8.05. The van der Waals surface area contributed by atoms with Crippen molar-refractivity contribution < 1.29 is 19.1 Å². The molecule has 39 heavy (non-hydrogen) atoms. The number of hydrogen-bond donors (Lipinski definition) is 2. The normalized spacial score (nSPS) is 20.7. The molecule has 2 amide bonds. The van der Waals surface area contributed by atoms with Crippen molar-refractivity contribution in [2.75, 3.05) is 19.1 Å². The van der Waals surface area contributed by atoms with Crippen molar-refractivity contribution in [2.24, 2.45) is 0 Å². The fourth-order valence-electron chi connectivity index (χ4n) is 5.94. The summed E-state index contributed by atoms with van der Waals surface area (Å²) in [4.78, 5) is 33.0. The minimum absolute atomic E-state index is 0.0541. The highest BCUT2D eigenvalue weighted by Crippen LogP contribution is 2.38. The lowest BCUT2D eigenvalue weighted by atomic mass is 9.96. The molecular weight excluding hydrogens is 492 g/mol. The van der Waals surface area contributed by atoms with Crippen LogP contribution in [0.1, 0.15) is 70.5 Å². The van der Waals surface area contributed by atoms with E-state index in [0.29, 0.717) is 23.2 Å². The Bertz CT molecular complexity index is 1310. The molecule has 3 heterocycles. The van der Waals surface area contributed by atoms with Crippen molar-refractivity contribution in [3.8, 4) is 11.5 Å². The highest BCUT2D eigenvalue weighted by Gasteiger charge is 2.42. The molecule has 8 heteroatoms. The lowest BCUT2D eigenvalue weighted by Crippen LogP contribution is -2.50. The molecule has 2 aliphatic heterocycles. The highest BCUT2D eigenvalue weighted by molar-refractivity contribution is 5.96. The van der Waals surface area contributed by atoms with Crippen molar-refractivity contribution in [1.82, 2.24) is 15.6 Å². The molecule has 1 aromatic heterocycles. The van der Waals surface area contributed by atoms with Gasteiger partial charge in [0, 0.05) is 35.4 Å². The van der Waals surface area contributed by atoms with E-state index in [0.717, 1.165) is 54.1 Å². The van der Waals surface area contributed by atoms with Gasteiger partial charge in [0.2, 0.25) is 0 Å². The minimum atomic E-state index is -0.158. The van der Waals surface area contributed by atoms with Crippen molar-refractivity contribution in [2.45, 2.75) is 63.7 Å². The molecule has 204 valence electrons. The number of hydrogen-bond acceptors (Lipinski definition) is 6. The minimum Gasteiger partial charge on any atom is -0.497 e. The van der Waals surface area contributed by atoms with E-state index in [1.165, 1.54) is 0 Å². The zero-order valence-electron chi connectivity index (χ0n) is 22.9. The fraction of sp³-hybridized carbons (Fsp3) is 0.387. The zero-order valence-corrected chi connectivity index (χ0v) is 22.9. The Morgan fingerprint density at radius 3 is 2.28 bits per heavy atom. The van der Waals surface area contributed by atoms with Crippen molar-refractivity contribution in [3.63, 3.8) is 0 Å². The first-order valence-electron chi connectivity index (χ1n) is 13.5. The van der Waals surface area contributed by atoms with Gasteiger partial charge in [-0.2, -0.15) is 0 Å². The smallest absolute Gasteiger partial charge is 0.253 e. The number of fused-ring (bicyclic) bond motifs is 2. The first-order valence-corrected chi connectivity index (χ1v) is 13.5. The predicted molar refractivity (Wildman–Crippen MR) is 151 cm³/mol. The van der Waals surface area contributed by atoms with Gasteiger partial charge in [-0.3, -0.25) is 9.59 Å². The quantitative estimate of drug-likeness (QED) is 0.435. The first kappa shape index (κ1) is 26.5. The molecule has 3 aromatic rings. The molecule has 0 saturated carbocycles. The van der Waals surface area contributed by atoms with Crippen LogP contribution < -0.4 is 25.0 Å². The molecule has 8 nitrogen and oxygen atoms in total. The Labute approximate surface area is 229 Å². The predicted octanol–water partition coefficient (Wildman–Crippen LogP) is 4.83. The van der Waals surface area contributed by atoms with Gasteiger partial charge in [-0.15, -0.1) is 0 Å². The van der Waals surface area contributed by atoms with Gasteiger partial charge in [0.15, 0.2) is 0 Å². The van der Waals surface area contributed by atoms with Crippen LogP contribution in [0.3, 0.4) is 0 Å². The van der Waals surface area contributed by atoms with Crippen LogP contribution in [0.25, 0.3) is 0 Å². The largest absolute Gasteiger partial charge is 0.497 e. The van der Waals surface area contributed by atoms with E-state index < -0.39 is 0 Å². The van der Waals surface area contributed by atoms with Crippen LogP contribution in [-0.4, -0.2) is 49.1 Å². The van der Waals surface area contributed by atoms with Crippen LogP contribution in [0.5, 0.6) is 11.5 Å². The number of methoxy groups -OCH3 is 2. The van der Waals surface area contributed by atoms with Crippen molar-refractivity contribution >= 4 is 17.6 Å². The van der Waals surface area contributed by atoms with Gasteiger partial charge in [-0.1, -0.05) is 18.2 Å². The molecular formula is C31H36N4O4. The first-order chi connectivity index (χ1) is 18.9. The molecule has 2 fully saturated rings. The SMILES string of the molecule is COc1ccc([C@@H](C)NC(=O)c2ccc(N3[C@@H]4CC[C@H]3C[C@@H](NC(=O)c3cccc(OC)c3C)C4)nc2)cc1. The molecule has 5 rings (SSSR count). The highest BCUT2D eigenvalue weighted by atomic mass is 16.5. The second-order valence-corrected chi connectivity index (χ2v) is 10.4. The van der Waals surface area contributed by atoms with E-state index in [2.05, 4.69) is 20.5 Å². The third-order valence-corrected chi connectivity index (χ3v) is 8.05. The van der Waals surface area contributed by atoms with Gasteiger partial charge in [0.1, 0.15) is 17.3 Å². The van der Waals surface area contributed by atoms with E-state index in [9.17, 15) is 9.59 Å². The number of carbonyl (C=O) groups is 2. The van der Waals surface area contributed by atoms with E-state index in [-0.39, 0.29) is 23.9 Å². The van der Waals surface area contributed by atoms with Gasteiger partial charge >= 0.3 is 0 Å². The summed E-state index contributed by atoms with van der Waals surface area (Å²) in [6.07, 6.45) is 5.53. The number of rotatable bonds is 8. The summed E-state index contributed by atoms with van der Waals surface area (Å²) in [5.74, 6) is 2.17. The number of nitrogens with one attached hydrogen (secondary N) is 2. The van der Waals surface area contributed by atoms with Crippen LogP contribution in [-0.2, 0) is 0 Å². The number of aromatic nitrogens is 1. The monoisotopic (exact) mass is 528 g/mol. The summed E-state index contributed by atoms with van der Waals surface area (Å²) in [6, 6.07) is 17.6. The molecule has 0 radical (unpaired) electrons. The van der Waals surface area contributed by atoms with E-state index in [4.69, 9.17) is 9.47 Å². The van der Waals surface area contributed by atoms with Crippen LogP contribution in [0, 0.1) is 6.92 Å². The molecule has 2 saturated heterocycles. The Hall–Kier alpha value is -4.07. The molecule has 4 atom stereocenters. The molecule has 0 unspecified atom stereocenters. The number of nitrogens with zero attached hydrogens (tertiary/aromatic N) is 2. The lowest BCUT2D eigenvalue weighted by molar-refractivity contribution is 0.0922. The summed E-state index contributed by atoms with van der Waals surface area (Å²) in [7, 11) is 3.25. The Morgan fingerprint density at radius 2 is 1.67 bits per heavy atom. The van der Waals surface area contributed by atoms with Crippen molar-refractivity contribution in [3.05, 3.63) is 83.0 Å². The number of carbonyl (C=O) groups excluding carboxylic acids is 2. The number of piperidine rings is 1. The standard InChI is InChI=1S/C31H36N4O4/c1-19-27(6-5-7-28(19)39-4)31(37)34-23-16-24-11-12-25(17-23)35(24)29-15-10-22(18-32-29)30(36)33-20(2)21-8-13-26(38-3)14-9-21/h5-10,13-15,18,20,23-25H,11-12,16-17H2,1-4H3,(H,33,36)(H,34,37)/t20-,23-,24+,25-/m1/s1. The van der Waals surface area contributed by atoms with Gasteiger partial charge < -0.3 is 25.0 Å². The average molecular weight is 529 g/mol. The number of pyridine rings is 1. The number of amides is 2. The summed E-state index contributed by atoms with van der Waals surface area (Å²) >= 11 is 0. The maximum absolute atomic E-state index is 13.0. The molecule has 0 spiro atoms. The maximum atomic E-state index is 13.0. The second kappa shape index (κ2) is 11.4. The Balaban J connectivity index is 1.20. The van der Waals surface area contributed by atoms with E-state index in [1.54, 1.807) is 20.4 Å². The molecule has 2 aliphatic rings. The zero-order chi connectivity index (χ0) is 27.5. The average Bonchev–Trinajstić information content (AvgIpc) is 3.22. The van der Waals surface area contributed by atoms with Crippen LogP contribution >= 0.6 is 0 Å². The van der Waals surface area contributed by atoms with Gasteiger partial charge in [0.05, 0.1) is 25.8 Å². The summed E-state index contributed by atoms with van der Waals surface area (Å²) in [6.45, 7) is 3.87. The third kappa shape index (κ3) is 5.55. The van der Waals surface area contributed by atoms with E-state index >= 15 is 0 Å². The molecule has 2 N–H and O–H groups in total. The van der Waals surface area contributed by atoms with Crippen molar-refractivity contribution in [1.29, 1.82) is 0 Å². The fourth-order valence-corrected chi connectivity index (χ4v) is 5.94. The van der Waals surface area contributed by atoms with Gasteiger partial charge in [-0.05, 0) is 81.5 Å². The molecule has 2 aromatic carbocycles. The summed E-state index contributed by atoms with van der Waals surface area (Å²) < 4.78 is 10.6. The summed E-state index contributed by atoms with van der Waals surface area (Å²) in [5.41, 5.74) is 3.04. The van der Waals surface area contributed by atoms with Gasteiger partial charge in [0.25, 0.3) is 11.8 Å². The number of ether oxygens (including phenoxy) is 2. The second-order valence-electron chi connectivity index (χ2n) is 10.4. The molecule has 0 aliphatic carbocycles. The molecule has 2 bridgehead atoms. The van der Waals surface area contributed by atoms with Crippen LogP contribution in [0.15, 0.2) is 60.8 Å². The number of benzene rings is 2. The van der Waals surface area contributed by atoms with Crippen LogP contribution in [0.2, 0.25) is 0 Å². The van der Waals surface area contributed by atoms with E-state index in [1.807, 2.05) is 68.4 Å². The summed E-state index contributed by atoms with van der Waals surface area (Å²) in [5, 5.41) is 6.31. The number of anilines is 1. The lowest BCUT2D eigenvalue weighted by Gasteiger charge is -2.40. The Morgan fingerprint density at radius 1 is 0.949 bits per heavy atom. The maximum Gasteiger partial charge on any atom is 0.253 e. The Kier molecular flexibility index (Phi) is 7.72. The van der Waals surface area contributed by atoms with Crippen LogP contribution in [0.4, 0.5) is 5.82 Å². The van der Waals surface area contributed by atoms with Gasteiger partial charge in [-0.25, -0.2) is 4.98 Å². The topological polar surface area (TPSA) is 92.8 Å².